The van der Waals surface area contributed by atoms with E-state index in [9.17, 15) is 0 Å². The van der Waals surface area contributed by atoms with Crippen LogP contribution in [0.15, 0.2) is 17.0 Å². The van der Waals surface area contributed by atoms with Crippen LogP contribution in [-0.2, 0) is 0 Å². The van der Waals surface area contributed by atoms with Gasteiger partial charge in [-0.3, -0.25) is 4.57 Å². The van der Waals surface area contributed by atoms with Crippen molar-refractivity contribution in [2.24, 2.45) is 11.0 Å². The number of rotatable bonds is 3. The molecule has 3 N–H and O–H groups in total. The van der Waals surface area contributed by atoms with E-state index in [0.29, 0.717) is 11.2 Å². The summed E-state index contributed by atoms with van der Waals surface area (Å²) in [5.74, 6) is 0.342. The molecule has 0 saturated heterocycles. The highest BCUT2D eigenvalue weighted by molar-refractivity contribution is 5.83. The Morgan fingerprint density at radius 1 is 1.63 bits per heavy atom. The van der Waals surface area contributed by atoms with Crippen LogP contribution in [0.25, 0.3) is 27.8 Å². The van der Waals surface area contributed by atoms with Gasteiger partial charge in [0, 0.05) is 23.6 Å². The Hall–Kier alpha value is -2.64. The summed E-state index contributed by atoms with van der Waals surface area (Å²) >= 11 is 0. The number of nitrogens with two attached hydrogens (primary N) is 1. The molecule has 1 fully saturated rings. The number of azide groups is 1. The number of hydrogen-bond acceptors (Lipinski definition) is 6. The Kier molecular flexibility index (Phi) is 2.55. The van der Waals surface area contributed by atoms with Crippen molar-refractivity contribution in [1.82, 2.24) is 19.5 Å². The molecule has 9 heteroatoms. The fourth-order valence-electron chi connectivity index (χ4n) is 1.87. The lowest BCUT2D eigenvalue weighted by Gasteiger charge is -1.98. The summed E-state index contributed by atoms with van der Waals surface area (Å²) in [6, 6.07) is 0. The van der Waals surface area contributed by atoms with Gasteiger partial charge >= 0.3 is 0 Å². The van der Waals surface area contributed by atoms with Crippen molar-refractivity contribution < 1.29 is 5.11 Å². The van der Waals surface area contributed by atoms with E-state index in [1.807, 2.05) is 6.20 Å². The van der Waals surface area contributed by atoms with E-state index in [1.165, 1.54) is 0 Å². The Morgan fingerprint density at radius 3 is 3.16 bits per heavy atom. The molecule has 96 valence electrons. The maximum atomic E-state index is 9.01. The van der Waals surface area contributed by atoms with Crippen LogP contribution in [-0.4, -0.2) is 31.2 Å². The van der Waals surface area contributed by atoms with Crippen LogP contribution in [0.3, 0.4) is 0 Å². The Labute approximate surface area is 107 Å². The Morgan fingerprint density at radius 2 is 2.47 bits per heavy atom. The van der Waals surface area contributed by atoms with Crippen molar-refractivity contribution in [3.8, 4) is 0 Å². The number of aliphatic hydroxyl groups is 1. The second-order valence-electron chi connectivity index (χ2n) is 4.21. The lowest BCUT2D eigenvalue weighted by Crippen LogP contribution is -1.97. The zero-order valence-electron chi connectivity index (χ0n) is 9.80. The minimum Gasteiger partial charge on any atom is -0.396 e. The van der Waals surface area contributed by atoms with E-state index in [-0.39, 0.29) is 24.3 Å². The lowest BCUT2D eigenvalue weighted by atomic mass is 10.4. The number of aliphatic hydroxyl groups excluding tert-OH is 1. The van der Waals surface area contributed by atoms with Gasteiger partial charge in [0.25, 0.3) is 0 Å². The molecular formula is C10H10N8O. The first kappa shape index (κ1) is 11.5. The third-order valence-electron chi connectivity index (χ3n) is 2.93. The van der Waals surface area contributed by atoms with Crippen molar-refractivity contribution in [2.75, 3.05) is 12.3 Å². The third kappa shape index (κ3) is 1.96. The van der Waals surface area contributed by atoms with Crippen LogP contribution in [0.2, 0.25) is 0 Å². The molecule has 0 aliphatic heterocycles. The molecule has 3 rings (SSSR count). The number of nitrogens with zero attached hydrogens (tertiary/aromatic N) is 7. The summed E-state index contributed by atoms with van der Waals surface area (Å²) in [7, 11) is 0. The van der Waals surface area contributed by atoms with E-state index in [1.54, 1.807) is 10.9 Å². The van der Waals surface area contributed by atoms with Crippen LogP contribution in [0, 0.1) is 5.92 Å². The molecule has 1 saturated carbocycles. The number of hydrogen-bond donors (Lipinski definition) is 2. The molecule has 19 heavy (non-hydrogen) atoms. The molecule has 1 unspecified atom stereocenters. The van der Waals surface area contributed by atoms with Crippen molar-refractivity contribution in [3.63, 3.8) is 0 Å². The summed E-state index contributed by atoms with van der Waals surface area (Å²) in [5, 5.41) is 12.5. The van der Waals surface area contributed by atoms with Gasteiger partial charge in [0.05, 0.1) is 0 Å². The average molecular weight is 258 g/mol. The molecule has 1 aliphatic carbocycles. The third-order valence-corrected chi connectivity index (χ3v) is 2.93. The van der Waals surface area contributed by atoms with Gasteiger partial charge in [-0.1, -0.05) is 0 Å². The second-order valence-corrected chi connectivity index (χ2v) is 4.21. The number of nitrogen functional groups attached to an aromatic ring is 1. The predicted octanol–water partition coefficient (Wildman–Crippen LogP) is 1.20. The standard InChI is InChI=1S/C10H10N8O/c11-10-14-8(16-17-12)7-9(15-10)18(4-13-7)2-5-1-6(5)3-19/h2,4,6,19H,1,3H2,(H2,11,14,15). The van der Waals surface area contributed by atoms with Crippen molar-refractivity contribution >= 4 is 29.1 Å². The van der Waals surface area contributed by atoms with Crippen LogP contribution in [0.5, 0.6) is 0 Å². The molecule has 0 radical (unpaired) electrons. The first-order valence-corrected chi connectivity index (χ1v) is 5.59. The van der Waals surface area contributed by atoms with E-state index >= 15 is 0 Å². The summed E-state index contributed by atoms with van der Waals surface area (Å²) in [4.78, 5) is 14.7. The van der Waals surface area contributed by atoms with Crippen molar-refractivity contribution in [2.45, 2.75) is 6.42 Å². The molecule has 9 nitrogen and oxygen atoms in total. The largest absolute Gasteiger partial charge is 0.396 e. The van der Waals surface area contributed by atoms with Gasteiger partial charge < -0.3 is 10.8 Å². The smallest absolute Gasteiger partial charge is 0.222 e. The monoisotopic (exact) mass is 258 g/mol. The molecule has 0 bridgehead atoms. The number of anilines is 1. The first-order valence-electron chi connectivity index (χ1n) is 5.59. The van der Waals surface area contributed by atoms with Crippen LogP contribution >= 0.6 is 0 Å². The fraction of sp³-hybridized carbons (Fsp3) is 0.300. The molecule has 2 aromatic heterocycles. The van der Waals surface area contributed by atoms with Crippen molar-refractivity contribution in [1.29, 1.82) is 0 Å². The predicted molar refractivity (Wildman–Crippen MR) is 68.0 cm³/mol. The number of imidazole rings is 1. The highest BCUT2D eigenvalue weighted by Crippen LogP contribution is 2.38. The lowest BCUT2D eigenvalue weighted by molar-refractivity contribution is 0.281. The molecular weight excluding hydrogens is 248 g/mol. The van der Waals surface area contributed by atoms with Crippen LogP contribution in [0.1, 0.15) is 6.42 Å². The van der Waals surface area contributed by atoms with Gasteiger partial charge in [-0.05, 0) is 22.6 Å². The maximum absolute atomic E-state index is 9.01. The SMILES string of the molecule is [N-]=[N+]=Nc1nc(N)nc2c1ncn2C=C1CC1CO. The van der Waals surface area contributed by atoms with Gasteiger partial charge in [0.2, 0.25) is 5.95 Å². The van der Waals surface area contributed by atoms with Gasteiger partial charge in [0.1, 0.15) is 11.8 Å². The highest BCUT2D eigenvalue weighted by Gasteiger charge is 2.28. The Balaban J connectivity index is 2.13. The van der Waals surface area contributed by atoms with E-state index in [0.717, 1.165) is 12.0 Å². The minimum absolute atomic E-state index is 0.0181. The molecule has 0 amide bonds. The molecule has 1 atom stereocenters. The van der Waals surface area contributed by atoms with Gasteiger partial charge in [0.15, 0.2) is 11.5 Å². The minimum atomic E-state index is 0.0181. The zero-order valence-corrected chi connectivity index (χ0v) is 9.80. The normalized spacial score (nSPS) is 19.6. The molecule has 0 aromatic carbocycles. The summed E-state index contributed by atoms with van der Waals surface area (Å²) < 4.78 is 1.69. The fourth-order valence-corrected chi connectivity index (χ4v) is 1.87. The number of aromatic nitrogens is 4. The van der Waals surface area contributed by atoms with Gasteiger partial charge in [-0.2, -0.15) is 4.98 Å². The highest BCUT2D eigenvalue weighted by atomic mass is 16.3. The van der Waals surface area contributed by atoms with Crippen LogP contribution in [0.4, 0.5) is 11.8 Å². The average Bonchev–Trinajstić information content (AvgIpc) is 3.03. The summed E-state index contributed by atoms with van der Waals surface area (Å²) in [6.07, 6.45) is 4.26. The maximum Gasteiger partial charge on any atom is 0.222 e. The molecule has 1 aliphatic rings. The van der Waals surface area contributed by atoms with Gasteiger partial charge in [-0.25, -0.2) is 9.97 Å². The summed E-state index contributed by atoms with van der Waals surface area (Å²) in [6.45, 7) is 0.138. The van der Waals surface area contributed by atoms with Crippen LogP contribution < -0.4 is 5.73 Å². The molecule has 2 heterocycles. The van der Waals surface area contributed by atoms with E-state index < -0.39 is 0 Å². The second kappa shape index (κ2) is 4.23. The number of fused-ring (bicyclic) bond motifs is 1. The molecule has 2 aromatic rings. The van der Waals surface area contributed by atoms with E-state index in [4.69, 9.17) is 16.4 Å². The quantitative estimate of drug-likeness (QED) is 0.483. The van der Waals surface area contributed by atoms with Gasteiger partial charge in [-0.15, -0.1) is 0 Å². The summed E-state index contributed by atoms with van der Waals surface area (Å²) in [5.41, 5.74) is 16.0. The topological polar surface area (TPSA) is 139 Å². The van der Waals surface area contributed by atoms with E-state index in [2.05, 4.69) is 25.0 Å². The van der Waals surface area contributed by atoms with Crippen molar-refractivity contribution in [3.05, 3.63) is 22.3 Å². The first-order chi connectivity index (χ1) is 9.22. The zero-order chi connectivity index (χ0) is 13.4. The molecule has 0 spiro atoms. The Bertz CT molecular complexity index is 726.